The van der Waals surface area contributed by atoms with Gasteiger partial charge in [-0.3, -0.25) is 4.79 Å². The van der Waals surface area contributed by atoms with E-state index in [9.17, 15) is 4.79 Å². The van der Waals surface area contributed by atoms with E-state index >= 15 is 0 Å². The molecule has 2 aromatic carbocycles. The van der Waals surface area contributed by atoms with E-state index < -0.39 is 0 Å². The lowest BCUT2D eigenvalue weighted by Gasteiger charge is -2.28. The Kier molecular flexibility index (Phi) is 6.00. The minimum absolute atomic E-state index is 0.0529. The maximum absolute atomic E-state index is 13.0. The van der Waals surface area contributed by atoms with Gasteiger partial charge in [0.1, 0.15) is 0 Å². The number of anilines is 1. The van der Waals surface area contributed by atoms with Crippen LogP contribution in [0.4, 0.5) is 5.00 Å². The molecule has 5 rings (SSSR count). The number of aromatic nitrogens is 2. The van der Waals surface area contributed by atoms with Gasteiger partial charge < -0.3 is 15.0 Å². The van der Waals surface area contributed by atoms with Crippen LogP contribution in [0.25, 0.3) is 16.8 Å². The van der Waals surface area contributed by atoms with E-state index in [1.807, 2.05) is 65.5 Å². The number of hydrogen-bond acceptors (Lipinski definition) is 5. The molecule has 3 heterocycles. The first kappa shape index (κ1) is 20.5. The smallest absolute Gasteiger partial charge is 0.261 e. The van der Waals surface area contributed by atoms with Crippen molar-refractivity contribution in [3.05, 3.63) is 89.6 Å². The van der Waals surface area contributed by atoms with Crippen molar-refractivity contribution >= 4 is 22.2 Å². The number of thiophene rings is 1. The first-order chi connectivity index (χ1) is 15.8. The van der Waals surface area contributed by atoms with Crippen molar-refractivity contribution in [1.29, 1.82) is 0 Å². The zero-order chi connectivity index (χ0) is 21.8. The third kappa shape index (κ3) is 4.44. The average molecular weight is 445 g/mol. The third-order valence-electron chi connectivity index (χ3n) is 5.48. The van der Waals surface area contributed by atoms with Crippen molar-refractivity contribution in [2.75, 3.05) is 31.2 Å². The molecule has 7 heteroatoms. The summed E-state index contributed by atoms with van der Waals surface area (Å²) in [6, 6.07) is 22.2. The quantitative estimate of drug-likeness (QED) is 0.480. The highest BCUT2D eigenvalue weighted by molar-refractivity contribution is 7.18. The topological polar surface area (TPSA) is 59.4 Å². The number of nitrogens with one attached hydrogen (secondary N) is 1. The normalized spacial score (nSPS) is 13.8. The van der Waals surface area contributed by atoms with Gasteiger partial charge in [-0.1, -0.05) is 42.5 Å². The molecule has 1 aliphatic rings. The largest absolute Gasteiger partial charge is 0.378 e. The summed E-state index contributed by atoms with van der Waals surface area (Å²) in [7, 11) is 0. The molecule has 4 aromatic rings. The van der Waals surface area contributed by atoms with Gasteiger partial charge in [-0.15, -0.1) is 11.3 Å². The molecule has 1 fully saturated rings. The zero-order valence-electron chi connectivity index (χ0n) is 17.6. The van der Waals surface area contributed by atoms with Crippen molar-refractivity contribution < 1.29 is 9.53 Å². The molecular weight excluding hydrogens is 420 g/mol. The fourth-order valence-electron chi connectivity index (χ4n) is 3.78. The Morgan fingerprint density at radius 3 is 2.53 bits per heavy atom. The first-order valence-electron chi connectivity index (χ1n) is 10.7. The fraction of sp³-hybridized carbons (Fsp3) is 0.200. The molecule has 162 valence electrons. The summed E-state index contributed by atoms with van der Waals surface area (Å²) in [6.07, 6.45) is 3.66. The number of carbonyl (C=O) groups is 1. The number of benzene rings is 2. The second-order valence-corrected chi connectivity index (χ2v) is 8.63. The molecule has 0 unspecified atom stereocenters. The van der Waals surface area contributed by atoms with Crippen LogP contribution in [0, 0.1) is 0 Å². The molecule has 32 heavy (non-hydrogen) atoms. The summed E-state index contributed by atoms with van der Waals surface area (Å²) in [5.74, 6) is -0.0529. The molecule has 1 N–H and O–H groups in total. The Morgan fingerprint density at radius 1 is 1.03 bits per heavy atom. The molecule has 0 aliphatic carbocycles. The Bertz CT molecular complexity index is 1160. The van der Waals surface area contributed by atoms with Crippen molar-refractivity contribution in [3.63, 3.8) is 0 Å². The number of hydrogen-bond donors (Lipinski definition) is 1. The van der Waals surface area contributed by atoms with Crippen LogP contribution >= 0.6 is 11.3 Å². The van der Waals surface area contributed by atoms with Gasteiger partial charge in [-0.05, 0) is 35.4 Å². The van der Waals surface area contributed by atoms with E-state index in [-0.39, 0.29) is 5.91 Å². The van der Waals surface area contributed by atoms with Crippen LogP contribution in [0.5, 0.6) is 0 Å². The first-order valence-corrected chi connectivity index (χ1v) is 11.5. The third-order valence-corrected chi connectivity index (χ3v) is 6.67. The number of carbonyl (C=O) groups excluding carboxylic acids is 1. The Hall–Kier alpha value is -3.42. The highest BCUT2D eigenvalue weighted by Gasteiger charge is 2.21. The Balaban J connectivity index is 1.32. The van der Waals surface area contributed by atoms with Crippen LogP contribution in [0.15, 0.2) is 79.1 Å². The molecule has 0 atom stereocenters. The maximum atomic E-state index is 13.0. The number of rotatable bonds is 6. The average Bonchev–Trinajstić information content (AvgIpc) is 3.55. The number of ether oxygens (including phenoxy) is 1. The lowest BCUT2D eigenvalue weighted by Crippen LogP contribution is -2.35. The predicted octanol–water partition coefficient (Wildman–Crippen LogP) is 4.37. The number of morpholine rings is 1. The van der Waals surface area contributed by atoms with Crippen LogP contribution in [-0.2, 0) is 11.3 Å². The Labute approximate surface area is 191 Å². The second-order valence-electron chi connectivity index (χ2n) is 7.59. The van der Waals surface area contributed by atoms with Crippen LogP contribution in [-0.4, -0.2) is 42.0 Å². The van der Waals surface area contributed by atoms with Crippen LogP contribution < -0.4 is 10.2 Å². The summed E-state index contributed by atoms with van der Waals surface area (Å²) < 4.78 is 7.33. The van der Waals surface area contributed by atoms with E-state index in [0.29, 0.717) is 19.8 Å². The van der Waals surface area contributed by atoms with Gasteiger partial charge in [0.25, 0.3) is 5.91 Å². The van der Waals surface area contributed by atoms with E-state index in [0.717, 1.165) is 45.3 Å². The summed E-state index contributed by atoms with van der Waals surface area (Å²) in [5, 5.41) is 8.44. The van der Waals surface area contributed by atoms with Gasteiger partial charge in [-0.25, -0.2) is 4.68 Å². The number of amides is 1. The molecule has 1 amide bonds. The van der Waals surface area contributed by atoms with E-state index in [1.165, 1.54) is 0 Å². The molecule has 0 bridgehead atoms. The van der Waals surface area contributed by atoms with E-state index in [2.05, 4.69) is 27.4 Å². The van der Waals surface area contributed by atoms with Crippen LogP contribution in [0.2, 0.25) is 0 Å². The van der Waals surface area contributed by atoms with Crippen molar-refractivity contribution in [1.82, 2.24) is 15.1 Å². The summed E-state index contributed by atoms with van der Waals surface area (Å²) in [6.45, 7) is 3.57. The lowest BCUT2D eigenvalue weighted by molar-refractivity contribution is 0.0955. The van der Waals surface area contributed by atoms with Crippen LogP contribution in [0.3, 0.4) is 0 Å². The predicted molar refractivity (Wildman–Crippen MR) is 128 cm³/mol. The lowest BCUT2D eigenvalue weighted by atomic mass is 10.1. The van der Waals surface area contributed by atoms with Crippen LogP contribution in [0.1, 0.15) is 15.2 Å². The zero-order valence-corrected chi connectivity index (χ0v) is 18.4. The summed E-state index contributed by atoms with van der Waals surface area (Å²) in [4.78, 5) is 16.0. The molecular formula is C25H24N4O2S. The molecule has 0 spiro atoms. The van der Waals surface area contributed by atoms with Gasteiger partial charge in [-0.2, -0.15) is 5.10 Å². The highest BCUT2D eigenvalue weighted by atomic mass is 32.1. The SMILES string of the molecule is O=C(NCc1ccc(-n2cccn2)cc1)c1cc(-c2ccccc2)c(N2CCOCC2)s1. The van der Waals surface area contributed by atoms with Gasteiger partial charge in [0.05, 0.1) is 28.8 Å². The minimum atomic E-state index is -0.0529. The molecule has 0 radical (unpaired) electrons. The molecule has 1 saturated heterocycles. The van der Waals surface area contributed by atoms with Gasteiger partial charge >= 0.3 is 0 Å². The van der Waals surface area contributed by atoms with Gasteiger partial charge in [0, 0.05) is 37.6 Å². The summed E-state index contributed by atoms with van der Waals surface area (Å²) in [5.41, 5.74) is 4.26. The van der Waals surface area contributed by atoms with Crippen molar-refractivity contribution in [2.24, 2.45) is 0 Å². The van der Waals surface area contributed by atoms with E-state index in [1.54, 1.807) is 17.5 Å². The summed E-state index contributed by atoms with van der Waals surface area (Å²) >= 11 is 1.55. The van der Waals surface area contributed by atoms with Crippen molar-refractivity contribution in [3.8, 4) is 16.8 Å². The van der Waals surface area contributed by atoms with E-state index in [4.69, 9.17) is 4.74 Å². The second kappa shape index (κ2) is 9.38. The van der Waals surface area contributed by atoms with Gasteiger partial charge in [0.15, 0.2) is 0 Å². The Morgan fingerprint density at radius 2 is 1.81 bits per heavy atom. The van der Waals surface area contributed by atoms with Gasteiger partial charge in [0.2, 0.25) is 0 Å². The standard InChI is InChI=1S/C25H24N4O2S/c30-24(26-18-19-7-9-21(10-8-19)29-12-4-11-27-29)23-17-22(20-5-2-1-3-6-20)25(32-23)28-13-15-31-16-14-28/h1-12,17H,13-16,18H2,(H,26,30). The molecule has 6 nitrogen and oxygen atoms in total. The minimum Gasteiger partial charge on any atom is -0.378 e. The molecule has 1 aliphatic heterocycles. The highest BCUT2D eigenvalue weighted by Crippen LogP contribution is 2.39. The van der Waals surface area contributed by atoms with Crippen molar-refractivity contribution in [2.45, 2.75) is 6.54 Å². The molecule has 0 saturated carbocycles. The molecule has 2 aromatic heterocycles. The monoisotopic (exact) mass is 444 g/mol. The maximum Gasteiger partial charge on any atom is 0.261 e. The number of nitrogens with zero attached hydrogens (tertiary/aromatic N) is 3. The fourth-order valence-corrected chi connectivity index (χ4v) is 4.93.